The Morgan fingerprint density at radius 1 is 1.16 bits per heavy atom. The zero-order chi connectivity index (χ0) is 13.7. The third-order valence-corrected chi connectivity index (χ3v) is 3.22. The van der Waals surface area contributed by atoms with Crippen LogP contribution in [0.4, 0.5) is 11.4 Å². The monoisotopic (exact) mass is 270 g/mol. The summed E-state index contributed by atoms with van der Waals surface area (Å²) in [6, 6.07) is 15.5. The van der Waals surface area contributed by atoms with Gasteiger partial charge in [0.05, 0.1) is 22.3 Å². The highest BCUT2D eigenvalue weighted by Crippen LogP contribution is 2.28. The molecule has 1 N–H and O–H groups in total. The van der Waals surface area contributed by atoms with Crippen molar-refractivity contribution < 1.29 is 0 Å². The Morgan fingerprint density at radius 3 is 2.63 bits per heavy atom. The number of aryl methyl sites for hydroxylation is 1. The minimum absolute atomic E-state index is 0.561. The van der Waals surface area contributed by atoms with Crippen LogP contribution in [0.25, 0.3) is 0 Å². The van der Waals surface area contributed by atoms with E-state index in [1.165, 1.54) is 5.56 Å². The van der Waals surface area contributed by atoms with Crippen molar-refractivity contribution >= 4 is 23.0 Å². The van der Waals surface area contributed by atoms with E-state index >= 15 is 0 Å². The molecular formula is C16H15ClN2. The number of hydrogen-bond acceptors (Lipinski definition) is 2. The zero-order valence-electron chi connectivity index (χ0n) is 10.8. The Morgan fingerprint density at radius 2 is 1.95 bits per heavy atom. The summed E-state index contributed by atoms with van der Waals surface area (Å²) in [6.45, 7) is 2.16. The summed E-state index contributed by atoms with van der Waals surface area (Å²) in [5.74, 6) is 0. The molecule has 0 aliphatic heterocycles. The molecule has 0 spiro atoms. The molecule has 0 unspecified atom stereocenters. The predicted molar refractivity (Wildman–Crippen MR) is 79.9 cm³/mol. The lowest BCUT2D eigenvalue weighted by molar-refractivity contribution is 0.923. The molecule has 0 aromatic heterocycles. The molecule has 0 heterocycles. The van der Waals surface area contributed by atoms with Gasteiger partial charge >= 0.3 is 0 Å². The molecule has 0 fully saturated rings. The third kappa shape index (κ3) is 3.27. The van der Waals surface area contributed by atoms with Gasteiger partial charge in [-0.25, -0.2) is 0 Å². The summed E-state index contributed by atoms with van der Waals surface area (Å²) < 4.78 is 0. The molecule has 2 nitrogen and oxygen atoms in total. The van der Waals surface area contributed by atoms with Gasteiger partial charge in [-0.1, -0.05) is 43.1 Å². The van der Waals surface area contributed by atoms with E-state index < -0.39 is 0 Å². The largest absolute Gasteiger partial charge is 0.354 e. The van der Waals surface area contributed by atoms with Gasteiger partial charge in [0.25, 0.3) is 0 Å². The third-order valence-electron chi connectivity index (χ3n) is 2.90. The number of rotatable bonds is 4. The van der Waals surface area contributed by atoms with E-state index in [-0.39, 0.29) is 0 Å². The van der Waals surface area contributed by atoms with Gasteiger partial charge < -0.3 is 5.32 Å². The van der Waals surface area contributed by atoms with Crippen LogP contribution in [0.1, 0.15) is 24.5 Å². The normalized spacial score (nSPS) is 9.95. The fraction of sp³-hybridized carbons (Fsp3) is 0.188. The molecule has 0 radical (unpaired) electrons. The molecule has 2 rings (SSSR count). The SMILES string of the molecule is CCCc1ccccc1Nc1ccc(C#N)cc1Cl. The predicted octanol–water partition coefficient (Wildman–Crippen LogP) is 4.91. The first-order valence-electron chi connectivity index (χ1n) is 6.29. The first-order chi connectivity index (χ1) is 9.24. The van der Waals surface area contributed by atoms with Gasteiger partial charge in [-0.3, -0.25) is 0 Å². The van der Waals surface area contributed by atoms with Gasteiger partial charge in [-0.15, -0.1) is 0 Å². The smallest absolute Gasteiger partial charge is 0.0992 e. The molecule has 3 heteroatoms. The Balaban J connectivity index is 2.29. The molecule has 19 heavy (non-hydrogen) atoms. The van der Waals surface area contributed by atoms with Crippen molar-refractivity contribution in [2.75, 3.05) is 5.32 Å². The number of halogens is 1. The average Bonchev–Trinajstić information content (AvgIpc) is 2.43. The number of para-hydroxylation sites is 1. The Hall–Kier alpha value is -1.98. The number of nitriles is 1. The topological polar surface area (TPSA) is 35.8 Å². The number of nitrogens with zero attached hydrogens (tertiary/aromatic N) is 1. The van der Waals surface area contributed by atoms with Crippen molar-refractivity contribution in [1.82, 2.24) is 0 Å². The van der Waals surface area contributed by atoms with Crippen molar-refractivity contribution in [2.24, 2.45) is 0 Å². The van der Waals surface area contributed by atoms with Gasteiger partial charge in [-0.05, 0) is 36.2 Å². The van der Waals surface area contributed by atoms with E-state index in [1.807, 2.05) is 24.3 Å². The van der Waals surface area contributed by atoms with Crippen LogP contribution in [0.5, 0.6) is 0 Å². The second kappa shape index (κ2) is 6.26. The summed E-state index contributed by atoms with van der Waals surface area (Å²) in [7, 11) is 0. The van der Waals surface area contributed by atoms with Gasteiger partial charge in [0.2, 0.25) is 0 Å². The maximum atomic E-state index is 8.83. The van der Waals surface area contributed by atoms with E-state index in [1.54, 1.807) is 12.1 Å². The zero-order valence-corrected chi connectivity index (χ0v) is 11.5. The highest BCUT2D eigenvalue weighted by Gasteiger charge is 2.05. The summed E-state index contributed by atoms with van der Waals surface area (Å²) in [4.78, 5) is 0. The number of hydrogen-bond donors (Lipinski definition) is 1. The number of nitrogens with one attached hydrogen (secondary N) is 1. The van der Waals surface area contributed by atoms with E-state index in [2.05, 4.69) is 24.4 Å². The molecular weight excluding hydrogens is 256 g/mol. The Kier molecular flexibility index (Phi) is 4.43. The minimum Gasteiger partial charge on any atom is -0.354 e. The van der Waals surface area contributed by atoms with E-state index in [0.29, 0.717) is 10.6 Å². The van der Waals surface area contributed by atoms with Crippen LogP contribution in [0.15, 0.2) is 42.5 Å². The summed E-state index contributed by atoms with van der Waals surface area (Å²) in [5, 5.41) is 12.7. The molecule has 2 aromatic rings. The van der Waals surface area contributed by atoms with Crippen LogP contribution < -0.4 is 5.32 Å². The lowest BCUT2D eigenvalue weighted by Crippen LogP contribution is -1.96. The lowest BCUT2D eigenvalue weighted by Gasteiger charge is -2.12. The van der Waals surface area contributed by atoms with Crippen LogP contribution in [-0.2, 0) is 6.42 Å². The average molecular weight is 271 g/mol. The quantitative estimate of drug-likeness (QED) is 0.857. The van der Waals surface area contributed by atoms with Crippen LogP contribution in [-0.4, -0.2) is 0 Å². The summed E-state index contributed by atoms with van der Waals surface area (Å²) in [6.07, 6.45) is 2.12. The van der Waals surface area contributed by atoms with Crippen LogP contribution >= 0.6 is 11.6 Å². The second-order valence-electron chi connectivity index (χ2n) is 4.34. The molecule has 0 saturated heterocycles. The molecule has 2 aromatic carbocycles. The standard InChI is InChI=1S/C16H15ClN2/c1-2-5-13-6-3-4-7-15(13)19-16-9-8-12(11-18)10-14(16)17/h3-4,6-10,19H,2,5H2,1H3. The molecule has 0 amide bonds. The number of benzene rings is 2. The molecule has 0 bridgehead atoms. The fourth-order valence-electron chi connectivity index (χ4n) is 1.96. The maximum absolute atomic E-state index is 8.83. The Bertz CT molecular complexity index is 614. The molecule has 0 atom stereocenters. The Labute approximate surface area is 118 Å². The van der Waals surface area contributed by atoms with Crippen LogP contribution in [0.3, 0.4) is 0 Å². The molecule has 0 aliphatic carbocycles. The van der Waals surface area contributed by atoms with Gasteiger partial charge in [0.15, 0.2) is 0 Å². The first kappa shape index (κ1) is 13.5. The van der Waals surface area contributed by atoms with Gasteiger partial charge in [-0.2, -0.15) is 5.26 Å². The van der Waals surface area contributed by atoms with E-state index in [0.717, 1.165) is 24.2 Å². The molecule has 0 aliphatic rings. The van der Waals surface area contributed by atoms with E-state index in [9.17, 15) is 0 Å². The molecule has 96 valence electrons. The number of anilines is 2. The maximum Gasteiger partial charge on any atom is 0.0992 e. The van der Waals surface area contributed by atoms with E-state index in [4.69, 9.17) is 16.9 Å². The lowest BCUT2D eigenvalue weighted by atomic mass is 10.1. The van der Waals surface area contributed by atoms with Crippen molar-refractivity contribution in [3.8, 4) is 6.07 Å². The van der Waals surface area contributed by atoms with Crippen molar-refractivity contribution in [1.29, 1.82) is 5.26 Å². The van der Waals surface area contributed by atoms with Gasteiger partial charge in [0, 0.05) is 5.69 Å². The fourth-order valence-corrected chi connectivity index (χ4v) is 2.19. The second-order valence-corrected chi connectivity index (χ2v) is 4.75. The minimum atomic E-state index is 0.561. The van der Waals surface area contributed by atoms with Crippen molar-refractivity contribution in [3.63, 3.8) is 0 Å². The van der Waals surface area contributed by atoms with Gasteiger partial charge in [0.1, 0.15) is 0 Å². The highest BCUT2D eigenvalue weighted by atomic mass is 35.5. The van der Waals surface area contributed by atoms with Crippen LogP contribution in [0, 0.1) is 11.3 Å². The summed E-state index contributed by atoms with van der Waals surface area (Å²) in [5.41, 5.74) is 3.72. The van der Waals surface area contributed by atoms with Crippen molar-refractivity contribution in [2.45, 2.75) is 19.8 Å². The van der Waals surface area contributed by atoms with Crippen LogP contribution in [0.2, 0.25) is 5.02 Å². The first-order valence-corrected chi connectivity index (χ1v) is 6.67. The van der Waals surface area contributed by atoms with Crippen molar-refractivity contribution in [3.05, 3.63) is 58.6 Å². The highest BCUT2D eigenvalue weighted by molar-refractivity contribution is 6.33. The molecule has 0 saturated carbocycles. The summed E-state index contributed by atoms with van der Waals surface area (Å²) >= 11 is 6.17.